The Morgan fingerprint density at radius 3 is 1.22 bits per heavy atom. The maximum Gasteiger partial charge on any atom is 0.305 e. The van der Waals surface area contributed by atoms with E-state index < -0.39 is 71.3 Å². The van der Waals surface area contributed by atoms with Crippen LogP contribution in [0.25, 0.3) is 22.6 Å². The van der Waals surface area contributed by atoms with Crippen molar-refractivity contribution in [2.75, 3.05) is 13.1 Å². The Morgan fingerprint density at radius 2 is 0.898 bits per heavy atom. The van der Waals surface area contributed by atoms with Gasteiger partial charge in [0.1, 0.15) is 11.5 Å². The predicted octanol–water partition coefficient (Wildman–Crippen LogP) is 5.74. The van der Waals surface area contributed by atoms with Gasteiger partial charge in [-0.25, -0.2) is 0 Å². The van der Waals surface area contributed by atoms with E-state index in [1.54, 1.807) is 70.5 Å². The van der Waals surface area contributed by atoms with E-state index in [-0.39, 0.29) is 11.1 Å². The normalized spacial score (nSPS) is 18.4. The summed E-state index contributed by atoms with van der Waals surface area (Å²) in [5.74, 6) is -4.72. The molecule has 2 aliphatic heterocycles. The van der Waals surface area contributed by atoms with E-state index in [4.69, 9.17) is 15.9 Å². The number of carbonyl (C=O) groups is 6. The average molecular weight is 797 g/mol. The molecular formula is C46H44N4O9. The predicted molar refractivity (Wildman–Crippen MR) is 216 cm³/mol. The Hall–Kier alpha value is -7.02. The van der Waals surface area contributed by atoms with Gasteiger partial charge in [-0.15, -0.1) is 0 Å². The number of amides is 4. The van der Waals surface area contributed by atoms with Gasteiger partial charge >= 0.3 is 11.9 Å². The third-order valence-electron chi connectivity index (χ3n) is 11.7. The van der Waals surface area contributed by atoms with E-state index in [9.17, 15) is 39.0 Å². The fourth-order valence-electron chi connectivity index (χ4n) is 8.76. The Labute approximate surface area is 340 Å². The van der Waals surface area contributed by atoms with Crippen molar-refractivity contribution < 1.29 is 43.4 Å². The molecule has 2 saturated heterocycles. The van der Waals surface area contributed by atoms with Crippen LogP contribution in [0.5, 0.6) is 0 Å². The quantitative estimate of drug-likeness (QED) is 0.101. The zero-order valence-corrected chi connectivity index (χ0v) is 32.2. The average Bonchev–Trinajstić information content (AvgIpc) is 4.04. The highest BCUT2D eigenvalue weighted by Crippen LogP contribution is 2.42. The summed E-state index contributed by atoms with van der Waals surface area (Å²) < 4.78 is 6.28. The zero-order chi connectivity index (χ0) is 41.9. The van der Waals surface area contributed by atoms with Gasteiger partial charge < -0.3 is 35.9 Å². The van der Waals surface area contributed by atoms with Crippen LogP contribution in [0.15, 0.2) is 126 Å². The van der Waals surface area contributed by atoms with Crippen LogP contribution in [0, 0.1) is 0 Å². The van der Waals surface area contributed by atoms with Crippen molar-refractivity contribution in [3.63, 3.8) is 0 Å². The van der Waals surface area contributed by atoms with Gasteiger partial charge in [0.05, 0.1) is 24.9 Å². The molecule has 0 aliphatic carbocycles. The largest absolute Gasteiger partial charge is 0.481 e. The second-order valence-electron chi connectivity index (χ2n) is 15.1. The molecular weight excluding hydrogens is 753 g/mol. The van der Waals surface area contributed by atoms with E-state index in [0.717, 1.165) is 22.3 Å². The van der Waals surface area contributed by atoms with Crippen LogP contribution in [0.1, 0.15) is 72.9 Å². The van der Waals surface area contributed by atoms with E-state index in [0.29, 0.717) is 50.3 Å². The molecule has 13 heteroatoms. The first-order chi connectivity index (χ1) is 28.4. The topological polar surface area (TPSA) is 215 Å². The first-order valence-electron chi connectivity index (χ1n) is 19.4. The molecule has 2 aliphatic rings. The lowest BCUT2D eigenvalue weighted by atomic mass is 9.75. The summed E-state index contributed by atoms with van der Waals surface area (Å²) >= 11 is 0. The number of hydrogen-bond donors (Lipinski definition) is 4. The van der Waals surface area contributed by atoms with Gasteiger partial charge in [-0.2, -0.15) is 0 Å². The molecule has 0 radical (unpaired) electrons. The molecule has 0 bridgehead atoms. The number of benzene rings is 4. The molecule has 7 rings (SSSR count). The second kappa shape index (κ2) is 16.5. The third-order valence-corrected chi connectivity index (χ3v) is 11.7. The fraction of sp³-hybridized carbons (Fsp3) is 0.261. The van der Waals surface area contributed by atoms with Crippen LogP contribution in [0.4, 0.5) is 0 Å². The van der Waals surface area contributed by atoms with E-state index in [1.165, 1.54) is 0 Å². The van der Waals surface area contributed by atoms with Crippen molar-refractivity contribution in [3.8, 4) is 22.6 Å². The van der Waals surface area contributed by atoms with Gasteiger partial charge in [0.2, 0.25) is 23.6 Å². The number of rotatable bonds is 14. The molecule has 1 unspecified atom stereocenters. The fourth-order valence-corrected chi connectivity index (χ4v) is 8.76. The maximum atomic E-state index is 14.2. The van der Waals surface area contributed by atoms with Gasteiger partial charge in [-0.05, 0) is 60.1 Å². The summed E-state index contributed by atoms with van der Waals surface area (Å²) in [6.07, 6.45) is 1.04. The minimum Gasteiger partial charge on any atom is -0.481 e. The molecule has 0 spiro atoms. The standard InChI is InChI=1S/C46H44N4O9/c47-41(55)45(27-39(51)52,33-9-3-1-4-10-33)43(57)49-25-7-13-35(49)29-15-19-31(20-16-29)37-23-24-38(59-37)32-21-17-30(18-22-32)36-14-8-26-50(36)44(58)46(42(48)56,28-40(53)54)34-11-5-2-6-12-34/h1-6,9-12,15-24,35-36H,7-8,13-14,25-28H2,(H2,47,55)(H2,48,56)(H,51,52)(H,53,54)/t35-,36-,45+,46?/m0/s1. The maximum absolute atomic E-state index is 14.2. The van der Waals surface area contributed by atoms with E-state index >= 15 is 0 Å². The third kappa shape index (κ3) is 7.47. The number of nitrogens with zero attached hydrogens (tertiary/aromatic N) is 2. The number of primary amides is 2. The molecule has 5 aromatic rings. The number of hydrogen-bond acceptors (Lipinski definition) is 7. The van der Waals surface area contributed by atoms with Gasteiger partial charge in [0, 0.05) is 24.2 Å². The molecule has 4 amide bonds. The molecule has 4 aromatic carbocycles. The lowest BCUT2D eigenvalue weighted by Crippen LogP contribution is -2.55. The minimum absolute atomic E-state index is 0.239. The zero-order valence-electron chi connectivity index (χ0n) is 32.2. The second-order valence-corrected chi connectivity index (χ2v) is 15.1. The van der Waals surface area contributed by atoms with Crippen LogP contribution < -0.4 is 11.5 Å². The number of furan rings is 1. The summed E-state index contributed by atoms with van der Waals surface area (Å²) in [5, 5.41) is 19.6. The van der Waals surface area contributed by atoms with Crippen molar-refractivity contribution in [2.45, 2.75) is 61.4 Å². The number of aliphatic carboxylic acids is 2. The highest BCUT2D eigenvalue weighted by Gasteiger charge is 2.53. The SMILES string of the molecule is NC(=O)C(CC(=O)O)(C(=O)N1CCC[C@H]1c1ccc(-c2ccc(-c3ccc([C@@H]4CCCN4C(=O)[C@@](CC(=O)O)(C(N)=O)c4ccccc4)cc3)o2)cc1)c1ccccc1. The van der Waals surface area contributed by atoms with Gasteiger partial charge in [0.15, 0.2) is 10.8 Å². The summed E-state index contributed by atoms with van der Waals surface area (Å²) in [4.78, 5) is 81.7. The number of carboxylic acid groups (broad SMARTS) is 2. The van der Waals surface area contributed by atoms with Crippen molar-refractivity contribution in [2.24, 2.45) is 11.5 Å². The van der Waals surface area contributed by atoms with Crippen molar-refractivity contribution in [1.82, 2.24) is 9.80 Å². The molecule has 4 atom stereocenters. The summed E-state index contributed by atoms with van der Waals surface area (Å²) in [5.41, 5.74) is 11.2. The number of likely N-dealkylation sites (tertiary alicyclic amines) is 2. The highest BCUT2D eigenvalue weighted by molar-refractivity contribution is 6.13. The molecule has 1 aromatic heterocycles. The van der Waals surface area contributed by atoms with Crippen LogP contribution in [0.2, 0.25) is 0 Å². The number of carbonyl (C=O) groups excluding carboxylic acids is 4. The number of carboxylic acids is 2. The number of nitrogens with two attached hydrogens (primary N) is 2. The van der Waals surface area contributed by atoms with Crippen molar-refractivity contribution >= 4 is 35.6 Å². The molecule has 59 heavy (non-hydrogen) atoms. The first-order valence-corrected chi connectivity index (χ1v) is 19.4. The molecule has 2 fully saturated rings. The monoisotopic (exact) mass is 796 g/mol. The van der Waals surface area contributed by atoms with Gasteiger partial charge in [0.25, 0.3) is 0 Å². The Morgan fingerprint density at radius 1 is 0.542 bits per heavy atom. The van der Waals surface area contributed by atoms with Gasteiger partial charge in [-0.3, -0.25) is 28.8 Å². The molecule has 0 saturated carbocycles. The Bertz CT molecular complexity index is 2220. The minimum atomic E-state index is -2.06. The smallest absolute Gasteiger partial charge is 0.305 e. The van der Waals surface area contributed by atoms with Crippen LogP contribution >= 0.6 is 0 Å². The molecule has 3 heterocycles. The summed E-state index contributed by atoms with van der Waals surface area (Å²) in [6, 6.07) is 34.2. The molecule has 302 valence electrons. The van der Waals surface area contributed by atoms with Crippen LogP contribution in [-0.4, -0.2) is 68.7 Å². The van der Waals surface area contributed by atoms with Crippen LogP contribution in [0.3, 0.4) is 0 Å². The van der Waals surface area contributed by atoms with Crippen molar-refractivity contribution in [3.05, 3.63) is 144 Å². The Kier molecular flexibility index (Phi) is 11.2. The lowest BCUT2D eigenvalue weighted by molar-refractivity contribution is -0.151. The summed E-state index contributed by atoms with van der Waals surface area (Å²) in [7, 11) is 0. The first kappa shape index (κ1) is 40.2. The molecule has 13 nitrogen and oxygen atoms in total. The molecule has 6 N–H and O–H groups in total. The Balaban J connectivity index is 1.08. The van der Waals surface area contributed by atoms with Gasteiger partial charge in [-0.1, -0.05) is 109 Å². The van der Waals surface area contributed by atoms with E-state index in [2.05, 4.69) is 0 Å². The lowest BCUT2D eigenvalue weighted by Gasteiger charge is -2.35. The highest BCUT2D eigenvalue weighted by atomic mass is 16.4. The summed E-state index contributed by atoms with van der Waals surface area (Å²) in [6.45, 7) is 0.684. The van der Waals surface area contributed by atoms with E-state index in [1.807, 2.05) is 60.7 Å². The van der Waals surface area contributed by atoms with Crippen molar-refractivity contribution in [1.29, 1.82) is 0 Å². The van der Waals surface area contributed by atoms with Crippen LogP contribution in [-0.2, 0) is 39.6 Å².